The summed E-state index contributed by atoms with van der Waals surface area (Å²) >= 11 is 0. The minimum absolute atomic E-state index is 0.0982. The number of carbonyl (C=O) groups is 2. The second kappa shape index (κ2) is 8.98. The molecule has 0 saturated heterocycles. The van der Waals surface area contributed by atoms with E-state index in [0.29, 0.717) is 6.42 Å². The Labute approximate surface area is 133 Å². The molecular formula is C16H31NO5. The van der Waals surface area contributed by atoms with E-state index < -0.39 is 23.8 Å². The van der Waals surface area contributed by atoms with Crippen LogP contribution in [0.15, 0.2) is 0 Å². The lowest BCUT2D eigenvalue weighted by Crippen LogP contribution is -2.45. The summed E-state index contributed by atoms with van der Waals surface area (Å²) in [5.74, 6) is -0.660. The molecule has 6 heteroatoms. The van der Waals surface area contributed by atoms with E-state index in [1.807, 2.05) is 27.7 Å². The van der Waals surface area contributed by atoms with E-state index >= 15 is 0 Å². The summed E-state index contributed by atoms with van der Waals surface area (Å²) < 4.78 is 10.7. The maximum absolute atomic E-state index is 11.8. The number of ether oxygens (including phenoxy) is 2. The van der Waals surface area contributed by atoms with Crippen LogP contribution in [0.2, 0.25) is 0 Å². The van der Waals surface area contributed by atoms with Gasteiger partial charge in [0.25, 0.3) is 0 Å². The van der Waals surface area contributed by atoms with Crippen LogP contribution in [0.4, 0.5) is 4.79 Å². The topological polar surface area (TPSA) is 84.9 Å². The summed E-state index contributed by atoms with van der Waals surface area (Å²) in [6.45, 7) is 13.3. The van der Waals surface area contributed by atoms with Gasteiger partial charge in [0.15, 0.2) is 6.10 Å². The van der Waals surface area contributed by atoms with Crippen LogP contribution in [0.3, 0.4) is 0 Å². The number of hydrogen-bond acceptors (Lipinski definition) is 4. The van der Waals surface area contributed by atoms with Gasteiger partial charge in [0, 0.05) is 0 Å². The molecule has 6 nitrogen and oxygen atoms in total. The first-order valence-corrected chi connectivity index (χ1v) is 7.76. The minimum atomic E-state index is -0.978. The molecule has 0 saturated carbocycles. The van der Waals surface area contributed by atoms with Crippen LogP contribution in [0, 0.1) is 11.8 Å². The van der Waals surface area contributed by atoms with Gasteiger partial charge in [-0.15, -0.1) is 0 Å². The summed E-state index contributed by atoms with van der Waals surface area (Å²) in [5, 5.41) is 11.9. The van der Waals surface area contributed by atoms with Gasteiger partial charge in [-0.2, -0.15) is 0 Å². The van der Waals surface area contributed by atoms with Crippen LogP contribution in [-0.4, -0.2) is 41.5 Å². The first-order chi connectivity index (χ1) is 9.92. The molecule has 130 valence electrons. The fourth-order valence-corrected chi connectivity index (χ4v) is 1.75. The van der Waals surface area contributed by atoms with E-state index in [0.717, 1.165) is 0 Å². The van der Waals surface area contributed by atoms with E-state index in [2.05, 4.69) is 5.32 Å². The van der Waals surface area contributed by atoms with Gasteiger partial charge in [-0.05, 0) is 39.0 Å². The summed E-state index contributed by atoms with van der Waals surface area (Å²) in [7, 11) is 0. The molecule has 22 heavy (non-hydrogen) atoms. The van der Waals surface area contributed by atoms with E-state index in [1.54, 1.807) is 20.8 Å². The Morgan fingerprint density at radius 2 is 1.68 bits per heavy atom. The molecule has 0 spiro atoms. The van der Waals surface area contributed by atoms with Crippen molar-refractivity contribution in [3.8, 4) is 0 Å². The predicted molar refractivity (Wildman–Crippen MR) is 84.8 cm³/mol. The standard InChI is InChI=1S/C16H31NO5/c1-10(2)8-13(14(18)19)21-9-12(11(3)4)17-15(20)22-16(5,6)7/h10-13H,8-9H2,1-7H3,(H,17,20)(H,18,19)/t12-,13+/m1/s1. The molecule has 0 aromatic heterocycles. The first kappa shape index (κ1) is 20.7. The molecule has 0 radical (unpaired) electrons. The molecule has 0 aliphatic rings. The lowest BCUT2D eigenvalue weighted by Gasteiger charge is -2.27. The molecule has 0 aliphatic carbocycles. The Balaban J connectivity index is 4.57. The zero-order valence-corrected chi connectivity index (χ0v) is 14.8. The van der Waals surface area contributed by atoms with E-state index in [9.17, 15) is 14.7 Å². The summed E-state index contributed by atoms with van der Waals surface area (Å²) in [6.07, 6.45) is -0.945. The van der Waals surface area contributed by atoms with Crippen molar-refractivity contribution in [3.63, 3.8) is 0 Å². The number of carbonyl (C=O) groups excluding carboxylic acids is 1. The van der Waals surface area contributed by atoms with Crippen LogP contribution in [0.1, 0.15) is 54.9 Å². The smallest absolute Gasteiger partial charge is 0.407 e. The highest BCUT2D eigenvalue weighted by Gasteiger charge is 2.25. The molecule has 0 rings (SSSR count). The maximum Gasteiger partial charge on any atom is 0.407 e. The first-order valence-electron chi connectivity index (χ1n) is 7.76. The second-order valence-electron chi connectivity index (χ2n) is 7.29. The summed E-state index contributed by atoms with van der Waals surface area (Å²) in [5.41, 5.74) is -0.576. The van der Waals surface area contributed by atoms with E-state index in [4.69, 9.17) is 9.47 Å². The van der Waals surface area contributed by atoms with Gasteiger partial charge in [0.2, 0.25) is 0 Å². The third-order valence-corrected chi connectivity index (χ3v) is 2.94. The monoisotopic (exact) mass is 317 g/mol. The zero-order chi connectivity index (χ0) is 17.5. The molecule has 1 amide bonds. The highest BCUT2D eigenvalue weighted by molar-refractivity contribution is 5.72. The van der Waals surface area contributed by atoms with Crippen molar-refractivity contribution in [2.45, 2.75) is 72.6 Å². The second-order valence-corrected chi connectivity index (χ2v) is 7.29. The van der Waals surface area contributed by atoms with Gasteiger partial charge >= 0.3 is 12.1 Å². The number of amides is 1. The highest BCUT2D eigenvalue weighted by Crippen LogP contribution is 2.12. The fourth-order valence-electron chi connectivity index (χ4n) is 1.75. The highest BCUT2D eigenvalue weighted by atomic mass is 16.6. The van der Waals surface area contributed by atoms with Gasteiger partial charge in [-0.25, -0.2) is 9.59 Å². The van der Waals surface area contributed by atoms with Crippen LogP contribution >= 0.6 is 0 Å². The molecule has 0 unspecified atom stereocenters. The van der Waals surface area contributed by atoms with Gasteiger partial charge < -0.3 is 19.9 Å². The van der Waals surface area contributed by atoms with Gasteiger partial charge in [-0.3, -0.25) is 0 Å². The number of aliphatic carboxylic acids is 1. The Morgan fingerprint density at radius 1 is 1.14 bits per heavy atom. The summed E-state index contributed by atoms with van der Waals surface area (Å²) in [4.78, 5) is 23.0. The minimum Gasteiger partial charge on any atom is -0.479 e. The van der Waals surface area contributed by atoms with Crippen molar-refractivity contribution in [3.05, 3.63) is 0 Å². The Kier molecular flexibility index (Phi) is 8.45. The molecule has 0 aromatic carbocycles. The number of hydrogen-bond donors (Lipinski definition) is 2. The third-order valence-electron chi connectivity index (χ3n) is 2.94. The van der Waals surface area contributed by atoms with Gasteiger partial charge in [0.05, 0.1) is 12.6 Å². The van der Waals surface area contributed by atoms with Crippen molar-refractivity contribution in [2.75, 3.05) is 6.61 Å². The Bertz CT molecular complexity index is 360. The lowest BCUT2D eigenvalue weighted by molar-refractivity contribution is -0.152. The predicted octanol–water partition coefficient (Wildman–Crippen LogP) is 3.05. The van der Waals surface area contributed by atoms with Crippen LogP contribution in [0.25, 0.3) is 0 Å². The quantitative estimate of drug-likeness (QED) is 0.718. The van der Waals surface area contributed by atoms with Crippen molar-refractivity contribution in [1.29, 1.82) is 0 Å². The fraction of sp³-hybridized carbons (Fsp3) is 0.875. The number of alkyl carbamates (subject to hydrolysis) is 1. The lowest BCUT2D eigenvalue weighted by atomic mass is 10.0. The number of rotatable bonds is 8. The molecule has 0 fully saturated rings. The van der Waals surface area contributed by atoms with E-state index in [-0.39, 0.29) is 24.5 Å². The number of carboxylic acids is 1. The van der Waals surface area contributed by atoms with Crippen molar-refractivity contribution < 1.29 is 24.2 Å². The molecule has 2 N–H and O–H groups in total. The van der Waals surface area contributed by atoms with Gasteiger partial charge in [-0.1, -0.05) is 27.7 Å². The number of nitrogens with one attached hydrogen (secondary N) is 1. The van der Waals surface area contributed by atoms with Crippen LogP contribution in [-0.2, 0) is 14.3 Å². The van der Waals surface area contributed by atoms with Crippen molar-refractivity contribution >= 4 is 12.1 Å². The molecule has 0 heterocycles. The SMILES string of the molecule is CC(C)C[C@H](OC[C@@H](NC(=O)OC(C)(C)C)C(C)C)C(=O)O. The van der Waals surface area contributed by atoms with Crippen LogP contribution in [0.5, 0.6) is 0 Å². The summed E-state index contributed by atoms with van der Waals surface area (Å²) in [6, 6.07) is -0.302. The van der Waals surface area contributed by atoms with E-state index in [1.165, 1.54) is 0 Å². The van der Waals surface area contributed by atoms with Crippen molar-refractivity contribution in [1.82, 2.24) is 5.32 Å². The largest absolute Gasteiger partial charge is 0.479 e. The maximum atomic E-state index is 11.8. The normalized spacial score (nSPS) is 14.8. The molecule has 0 aromatic rings. The third kappa shape index (κ3) is 9.60. The van der Waals surface area contributed by atoms with Crippen LogP contribution < -0.4 is 5.32 Å². The average molecular weight is 317 g/mol. The molecule has 0 bridgehead atoms. The number of carboxylic acid groups (broad SMARTS) is 1. The Hall–Kier alpha value is -1.30. The molecule has 0 aliphatic heterocycles. The van der Waals surface area contributed by atoms with Gasteiger partial charge in [0.1, 0.15) is 5.60 Å². The van der Waals surface area contributed by atoms with Crippen molar-refractivity contribution in [2.24, 2.45) is 11.8 Å². The average Bonchev–Trinajstić information content (AvgIpc) is 2.29. The molecule has 2 atom stereocenters. The zero-order valence-electron chi connectivity index (χ0n) is 14.8. The molecular weight excluding hydrogens is 286 g/mol. The Morgan fingerprint density at radius 3 is 2.05 bits per heavy atom.